The molecule has 0 bridgehead atoms. The van der Waals surface area contributed by atoms with Crippen molar-refractivity contribution in [3.63, 3.8) is 0 Å². The number of imidazole rings is 1. The van der Waals surface area contributed by atoms with Gasteiger partial charge in [0.2, 0.25) is 0 Å². The molecule has 0 amide bonds. The van der Waals surface area contributed by atoms with Gasteiger partial charge in [0.15, 0.2) is 0 Å². The maximum Gasteiger partial charge on any atom is 0.145 e. The first kappa shape index (κ1) is 16.2. The van der Waals surface area contributed by atoms with Gasteiger partial charge in [-0.3, -0.25) is 5.41 Å². The number of benzene rings is 2. The lowest BCUT2D eigenvalue weighted by atomic mass is 10.1. The van der Waals surface area contributed by atoms with Gasteiger partial charge in [0.25, 0.3) is 0 Å². The number of hydrogen-bond acceptors (Lipinski definition) is 4. The monoisotopic (exact) mass is 348 g/mol. The van der Waals surface area contributed by atoms with Crippen molar-refractivity contribution in [1.82, 2.24) is 9.97 Å². The largest absolute Gasteiger partial charge is 0.509 e. The molecule has 0 radical (unpaired) electrons. The average molecular weight is 348 g/mol. The second-order valence-corrected chi connectivity index (χ2v) is 6.77. The number of aromatic hydroxyl groups is 1. The molecule has 4 rings (SSSR count). The van der Waals surface area contributed by atoms with E-state index >= 15 is 0 Å². The van der Waals surface area contributed by atoms with Crippen molar-refractivity contribution >= 4 is 28.1 Å². The Labute approximate surface area is 150 Å². The van der Waals surface area contributed by atoms with Gasteiger partial charge in [0.05, 0.1) is 23.2 Å². The third-order valence-corrected chi connectivity index (χ3v) is 4.94. The molecule has 0 aliphatic carbocycles. The fourth-order valence-corrected chi connectivity index (χ4v) is 3.20. The van der Waals surface area contributed by atoms with E-state index in [2.05, 4.69) is 9.97 Å². The van der Waals surface area contributed by atoms with Gasteiger partial charge in [-0.05, 0) is 55.7 Å². The van der Waals surface area contributed by atoms with Crippen molar-refractivity contribution in [2.75, 3.05) is 11.4 Å². The van der Waals surface area contributed by atoms with Crippen LogP contribution in [-0.4, -0.2) is 32.6 Å². The summed E-state index contributed by atoms with van der Waals surface area (Å²) in [4.78, 5) is 9.43. The standard InChI is InChI=1S/C20H20N4O2/c1-10-4-5-13(8-16(10)25)24-9-17(26)18(19(24)21)20-22-14-6-11(2)12(3)7-15(14)23-20/h4-8,21,25-26H,9H2,1-3H3,(H,22,23). The van der Waals surface area contributed by atoms with E-state index in [1.54, 1.807) is 17.0 Å². The lowest BCUT2D eigenvalue weighted by molar-refractivity contribution is 0.411. The first-order chi connectivity index (χ1) is 12.3. The predicted molar refractivity (Wildman–Crippen MR) is 103 cm³/mol. The second kappa shape index (κ2) is 5.62. The number of H-pyrrole nitrogens is 1. The van der Waals surface area contributed by atoms with Crippen LogP contribution in [0.2, 0.25) is 0 Å². The van der Waals surface area contributed by atoms with Crippen molar-refractivity contribution in [1.29, 1.82) is 5.41 Å². The molecule has 1 aliphatic heterocycles. The minimum absolute atomic E-state index is 0.0857. The Bertz CT molecular complexity index is 1060. The Morgan fingerprint density at radius 2 is 1.77 bits per heavy atom. The summed E-state index contributed by atoms with van der Waals surface area (Å²) in [5.41, 5.74) is 5.79. The summed E-state index contributed by atoms with van der Waals surface area (Å²) in [5, 5.41) is 28.9. The third-order valence-electron chi connectivity index (χ3n) is 4.94. The number of hydrogen-bond donors (Lipinski definition) is 4. The molecule has 26 heavy (non-hydrogen) atoms. The van der Waals surface area contributed by atoms with E-state index in [0.717, 1.165) is 27.7 Å². The molecule has 3 aromatic rings. The summed E-state index contributed by atoms with van der Waals surface area (Å²) in [5.74, 6) is 0.880. The zero-order valence-corrected chi connectivity index (χ0v) is 14.9. The lowest BCUT2D eigenvalue weighted by Crippen LogP contribution is -2.26. The number of aryl methyl sites for hydroxylation is 3. The Hall–Kier alpha value is -3.28. The number of phenols is 1. The van der Waals surface area contributed by atoms with Crippen LogP contribution in [0.4, 0.5) is 5.69 Å². The highest BCUT2D eigenvalue weighted by atomic mass is 16.3. The summed E-state index contributed by atoms with van der Waals surface area (Å²) in [6, 6.07) is 9.24. The number of fused-ring (bicyclic) bond motifs is 1. The predicted octanol–water partition coefficient (Wildman–Crippen LogP) is 3.96. The minimum Gasteiger partial charge on any atom is -0.509 e. The molecule has 1 aromatic heterocycles. The maximum absolute atomic E-state index is 10.5. The Kier molecular flexibility index (Phi) is 3.50. The van der Waals surface area contributed by atoms with E-state index in [-0.39, 0.29) is 23.9 Å². The van der Waals surface area contributed by atoms with Gasteiger partial charge < -0.3 is 20.1 Å². The van der Waals surface area contributed by atoms with Crippen molar-refractivity contribution in [2.45, 2.75) is 20.8 Å². The highest BCUT2D eigenvalue weighted by molar-refractivity contribution is 6.30. The molecule has 2 heterocycles. The molecule has 0 spiro atoms. The summed E-state index contributed by atoms with van der Waals surface area (Å²) < 4.78 is 0. The van der Waals surface area contributed by atoms with Crippen LogP contribution in [0.3, 0.4) is 0 Å². The van der Waals surface area contributed by atoms with Crippen molar-refractivity contribution in [3.05, 3.63) is 58.6 Å². The number of aromatic amines is 1. The Balaban J connectivity index is 1.74. The molecule has 6 heteroatoms. The van der Waals surface area contributed by atoms with Crippen LogP contribution < -0.4 is 4.90 Å². The van der Waals surface area contributed by atoms with Crippen LogP contribution in [0.25, 0.3) is 16.6 Å². The molecule has 132 valence electrons. The first-order valence-electron chi connectivity index (χ1n) is 8.40. The molecule has 1 aliphatic rings. The highest BCUT2D eigenvalue weighted by Crippen LogP contribution is 2.33. The summed E-state index contributed by atoms with van der Waals surface area (Å²) in [7, 11) is 0. The molecule has 2 aromatic carbocycles. The molecular weight excluding hydrogens is 328 g/mol. The average Bonchev–Trinajstić information content (AvgIpc) is 3.10. The van der Waals surface area contributed by atoms with Gasteiger partial charge in [0.1, 0.15) is 23.2 Å². The molecule has 0 fully saturated rings. The first-order valence-corrected chi connectivity index (χ1v) is 8.40. The number of aliphatic hydroxyl groups is 1. The van der Waals surface area contributed by atoms with Crippen molar-refractivity contribution in [3.8, 4) is 5.75 Å². The van der Waals surface area contributed by atoms with Gasteiger partial charge >= 0.3 is 0 Å². The van der Waals surface area contributed by atoms with E-state index in [1.807, 2.05) is 39.0 Å². The SMILES string of the molecule is Cc1cc2nc(C3=C(O)CN(c4ccc(C)c(O)c4)C3=N)[nH]c2cc1C. The van der Waals surface area contributed by atoms with Crippen LogP contribution in [0, 0.1) is 26.2 Å². The van der Waals surface area contributed by atoms with Crippen LogP contribution >= 0.6 is 0 Å². The van der Waals surface area contributed by atoms with E-state index in [0.29, 0.717) is 17.1 Å². The highest BCUT2D eigenvalue weighted by Gasteiger charge is 2.31. The molecule has 4 N–H and O–H groups in total. The van der Waals surface area contributed by atoms with Crippen LogP contribution in [0.1, 0.15) is 22.5 Å². The fraction of sp³-hybridized carbons (Fsp3) is 0.200. The van der Waals surface area contributed by atoms with Gasteiger partial charge in [-0.15, -0.1) is 0 Å². The zero-order chi connectivity index (χ0) is 18.6. The second-order valence-electron chi connectivity index (χ2n) is 6.77. The van der Waals surface area contributed by atoms with Gasteiger partial charge in [0, 0.05) is 11.8 Å². The molecular formula is C20H20N4O2. The van der Waals surface area contributed by atoms with E-state index in [9.17, 15) is 10.2 Å². The number of phenolic OH excluding ortho intramolecular Hbond substituents is 1. The molecule has 0 saturated carbocycles. The van der Waals surface area contributed by atoms with Crippen molar-refractivity contribution < 1.29 is 10.2 Å². The van der Waals surface area contributed by atoms with Crippen LogP contribution in [0.5, 0.6) is 5.75 Å². The van der Waals surface area contributed by atoms with Gasteiger partial charge in [-0.1, -0.05) is 6.07 Å². The number of nitrogens with one attached hydrogen (secondary N) is 2. The summed E-state index contributed by atoms with van der Waals surface area (Å²) >= 11 is 0. The zero-order valence-electron chi connectivity index (χ0n) is 14.9. The number of amidine groups is 1. The smallest absolute Gasteiger partial charge is 0.145 e. The number of rotatable bonds is 2. The lowest BCUT2D eigenvalue weighted by Gasteiger charge is -2.19. The van der Waals surface area contributed by atoms with Crippen molar-refractivity contribution in [2.24, 2.45) is 0 Å². The third kappa shape index (κ3) is 2.42. The Morgan fingerprint density at radius 3 is 2.50 bits per heavy atom. The normalized spacial score (nSPS) is 14.7. The number of aromatic nitrogens is 2. The number of nitrogens with zero attached hydrogens (tertiary/aromatic N) is 2. The quantitative estimate of drug-likeness (QED) is 0.563. The fourth-order valence-electron chi connectivity index (χ4n) is 3.20. The Morgan fingerprint density at radius 1 is 1.04 bits per heavy atom. The molecule has 0 saturated heterocycles. The minimum atomic E-state index is 0.0857. The van der Waals surface area contributed by atoms with E-state index in [1.165, 1.54) is 0 Å². The molecule has 0 unspecified atom stereocenters. The van der Waals surface area contributed by atoms with Gasteiger partial charge in [-0.2, -0.15) is 0 Å². The van der Waals surface area contributed by atoms with E-state index < -0.39 is 0 Å². The topological polar surface area (TPSA) is 96.2 Å². The molecule has 0 atom stereocenters. The van der Waals surface area contributed by atoms with Crippen LogP contribution in [0.15, 0.2) is 36.1 Å². The molecule has 6 nitrogen and oxygen atoms in total. The summed E-state index contributed by atoms with van der Waals surface area (Å²) in [6.45, 7) is 6.05. The number of anilines is 1. The van der Waals surface area contributed by atoms with Crippen LogP contribution in [-0.2, 0) is 0 Å². The number of aliphatic hydroxyl groups excluding tert-OH is 1. The summed E-state index contributed by atoms with van der Waals surface area (Å²) in [6.07, 6.45) is 0. The van der Waals surface area contributed by atoms with Gasteiger partial charge in [-0.25, -0.2) is 4.98 Å². The van der Waals surface area contributed by atoms with E-state index in [4.69, 9.17) is 5.41 Å². The maximum atomic E-state index is 10.5.